The molecule has 0 spiro atoms. The van der Waals surface area contributed by atoms with Crippen LogP contribution in [0.1, 0.15) is 11.1 Å². The van der Waals surface area contributed by atoms with E-state index in [2.05, 4.69) is 21.2 Å². The fraction of sp³-hybridized carbons (Fsp3) is 0.200. The van der Waals surface area contributed by atoms with Crippen molar-refractivity contribution in [2.75, 3.05) is 13.7 Å². The van der Waals surface area contributed by atoms with Crippen LogP contribution < -0.4 is 10.1 Å². The molecule has 0 heterocycles. The predicted octanol–water partition coefficient (Wildman–Crippen LogP) is 6.17. The van der Waals surface area contributed by atoms with Crippen molar-refractivity contribution in [3.8, 4) is 5.75 Å². The van der Waals surface area contributed by atoms with Crippen LogP contribution in [0.3, 0.4) is 0 Å². The first-order chi connectivity index (χ1) is 16.3. The number of carbonyl (C=O) groups is 2. The molecule has 5 nitrogen and oxygen atoms in total. The lowest BCUT2D eigenvalue weighted by atomic mass is 10.0. The number of halogens is 4. The molecular formula is C25H22BrCl3N2O3. The van der Waals surface area contributed by atoms with Crippen LogP contribution in [0.5, 0.6) is 5.75 Å². The van der Waals surface area contributed by atoms with Gasteiger partial charge < -0.3 is 15.0 Å². The van der Waals surface area contributed by atoms with Crippen LogP contribution in [0.4, 0.5) is 0 Å². The molecule has 0 aliphatic rings. The van der Waals surface area contributed by atoms with Crippen molar-refractivity contribution in [1.82, 2.24) is 10.2 Å². The smallest absolute Gasteiger partial charge is 0.261 e. The summed E-state index contributed by atoms with van der Waals surface area (Å²) in [6, 6.07) is 18.8. The van der Waals surface area contributed by atoms with Crippen LogP contribution in [0.25, 0.3) is 0 Å². The van der Waals surface area contributed by atoms with Gasteiger partial charge in [0.1, 0.15) is 11.8 Å². The zero-order valence-electron chi connectivity index (χ0n) is 18.2. The van der Waals surface area contributed by atoms with E-state index in [4.69, 9.17) is 39.5 Å². The summed E-state index contributed by atoms with van der Waals surface area (Å²) in [5.74, 6) is -0.333. The van der Waals surface area contributed by atoms with Crippen molar-refractivity contribution in [1.29, 1.82) is 0 Å². The zero-order chi connectivity index (χ0) is 24.7. The third-order valence-corrected chi connectivity index (χ3v) is 6.49. The molecule has 0 aliphatic heterocycles. The van der Waals surface area contributed by atoms with Crippen LogP contribution in [-0.4, -0.2) is 36.4 Å². The minimum absolute atomic E-state index is 0.0944. The molecule has 2 amide bonds. The lowest BCUT2D eigenvalue weighted by Crippen LogP contribution is -2.51. The molecule has 1 N–H and O–H groups in total. The van der Waals surface area contributed by atoms with E-state index in [1.54, 1.807) is 36.4 Å². The van der Waals surface area contributed by atoms with E-state index < -0.39 is 11.9 Å². The minimum atomic E-state index is -0.796. The third-order valence-electron chi connectivity index (χ3n) is 5.12. The second kappa shape index (κ2) is 12.5. The Morgan fingerprint density at radius 2 is 1.74 bits per heavy atom. The van der Waals surface area contributed by atoms with Gasteiger partial charge in [-0.3, -0.25) is 9.59 Å². The lowest BCUT2D eigenvalue weighted by molar-refractivity contribution is -0.142. The summed E-state index contributed by atoms with van der Waals surface area (Å²) < 4.78 is 6.50. The summed E-state index contributed by atoms with van der Waals surface area (Å²) in [6.45, 7) is -0.216. The molecule has 1 unspecified atom stereocenters. The predicted molar refractivity (Wildman–Crippen MR) is 140 cm³/mol. The Kier molecular flexibility index (Phi) is 9.65. The summed E-state index contributed by atoms with van der Waals surface area (Å²) in [6.07, 6.45) is 0.316. The first-order valence-corrected chi connectivity index (χ1v) is 12.3. The minimum Gasteiger partial charge on any atom is -0.482 e. The van der Waals surface area contributed by atoms with Gasteiger partial charge in [0.2, 0.25) is 5.91 Å². The summed E-state index contributed by atoms with van der Waals surface area (Å²) in [5.41, 5.74) is 1.57. The quantitative estimate of drug-likeness (QED) is 0.327. The molecule has 178 valence electrons. The molecule has 0 fully saturated rings. The van der Waals surface area contributed by atoms with Gasteiger partial charge in [-0.15, -0.1) is 0 Å². The summed E-state index contributed by atoms with van der Waals surface area (Å²) in [7, 11) is 1.54. The molecule has 1 atom stereocenters. The van der Waals surface area contributed by atoms with Gasteiger partial charge in [0, 0.05) is 34.5 Å². The van der Waals surface area contributed by atoms with Crippen molar-refractivity contribution in [3.63, 3.8) is 0 Å². The lowest BCUT2D eigenvalue weighted by Gasteiger charge is -2.31. The average molecular weight is 585 g/mol. The molecule has 0 aliphatic carbocycles. The van der Waals surface area contributed by atoms with Gasteiger partial charge in [0.15, 0.2) is 6.61 Å². The van der Waals surface area contributed by atoms with Gasteiger partial charge >= 0.3 is 0 Å². The van der Waals surface area contributed by atoms with Crippen LogP contribution in [-0.2, 0) is 22.6 Å². The number of amides is 2. The molecule has 3 rings (SSSR count). The first-order valence-electron chi connectivity index (χ1n) is 10.3. The van der Waals surface area contributed by atoms with Gasteiger partial charge in [-0.25, -0.2) is 0 Å². The van der Waals surface area contributed by atoms with Gasteiger partial charge in [-0.05, 0) is 41.5 Å². The molecule has 9 heteroatoms. The maximum absolute atomic E-state index is 13.4. The summed E-state index contributed by atoms with van der Waals surface area (Å²) in [5, 5.41) is 3.91. The molecule has 0 bridgehead atoms. The Labute approximate surface area is 222 Å². The topological polar surface area (TPSA) is 58.6 Å². The van der Waals surface area contributed by atoms with Crippen molar-refractivity contribution >= 4 is 62.5 Å². The molecule has 0 aromatic heterocycles. The Morgan fingerprint density at radius 1 is 1.00 bits per heavy atom. The highest BCUT2D eigenvalue weighted by Gasteiger charge is 2.30. The number of rotatable bonds is 9. The van der Waals surface area contributed by atoms with E-state index in [9.17, 15) is 9.59 Å². The van der Waals surface area contributed by atoms with Crippen molar-refractivity contribution in [2.24, 2.45) is 0 Å². The van der Waals surface area contributed by atoms with E-state index in [0.717, 1.165) is 10.0 Å². The fourth-order valence-corrected chi connectivity index (χ4v) is 4.56. The molecule has 0 saturated heterocycles. The summed E-state index contributed by atoms with van der Waals surface area (Å²) in [4.78, 5) is 27.8. The summed E-state index contributed by atoms with van der Waals surface area (Å²) >= 11 is 22.0. The first kappa shape index (κ1) is 26.4. The Hall–Kier alpha value is -2.25. The van der Waals surface area contributed by atoms with E-state index in [-0.39, 0.29) is 19.1 Å². The highest BCUT2D eigenvalue weighted by atomic mass is 79.9. The molecule has 3 aromatic carbocycles. The highest BCUT2D eigenvalue weighted by molar-refractivity contribution is 9.10. The molecular weight excluding hydrogens is 563 g/mol. The Balaban J connectivity index is 1.91. The van der Waals surface area contributed by atoms with E-state index >= 15 is 0 Å². The second-order valence-corrected chi connectivity index (χ2v) is 9.61. The highest BCUT2D eigenvalue weighted by Crippen LogP contribution is 2.28. The number of hydrogen-bond acceptors (Lipinski definition) is 3. The number of hydrogen-bond donors (Lipinski definition) is 1. The van der Waals surface area contributed by atoms with E-state index in [1.807, 2.05) is 30.3 Å². The Morgan fingerprint density at radius 3 is 2.38 bits per heavy atom. The fourth-order valence-electron chi connectivity index (χ4n) is 3.37. The standard InChI is InChI=1S/C25H22BrCl3N2O3/c1-30-25(33)22(11-16-5-3-2-4-6-16)31(14-17-7-9-19(27)13-20(17)28)24(32)15-34-23-10-8-18(26)12-21(23)29/h2-10,12-13,22H,11,14-15H2,1H3,(H,30,33). The molecule has 34 heavy (non-hydrogen) atoms. The zero-order valence-corrected chi connectivity index (χ0v) is 22.1. The average Bonchev–Trinajstić information content (AvgIpc) is 2.82. The van der Waals surface area contributed by atoms with Crippen LogP contribution in [0, 0.1) is 0 Å². The van der Waals surface area contributed by atoms with Crippen molar-refractivity contribution < 1.29 is 14.3 Å². The third kappa shape index (κ3) is 7.12. The number of nitrogens with zero attached hydrogens (tertiary/aromatic N) is 1. The number of nitrogens with one attached hydrogen (secondary N) is 1. The van der Waals surface area contributed by atoms with Crippen LogP contribution in [0.2, 0.25) is 15.1 Å². The number of ether oxygens (including phenoxy) is 1. The van der Waals surface area contributed by atoms with Gasteiger partial charge in [0.25, 0.3) is 5.91 Å². The molecule has 3 aromatic rings. The molecule has 0 saturated carbocycles. The molecule has 0 radical (unpaired) electrons. The SMILES string of the molecule is CNC(=O)C(Cc1ccccc1)N(Cc1ccc(Cl)cc1Cl)C(=O)COc1ccc(Br)cc1Cl. The normalized spacial score (nSPS) is 11.6. The maximum atomic E-state index is 13.4. The monoisotopic (exact) mass is 582 g/mol. The van der Waals surface area contributed by atoms with Crippen molar-refractivity contribution in [2.45, 2.75) is 19.0 Å². The van der Waals surface area contributed by atoms with E-state index in [1.165, 1.54) is 11.9 Å². The van der Waals surface area contributed by atoms with Gasteiger partial charge in [-0.2, -0.15) is 0 Å². The van der Waals surface area contributed by atoms with Crippen LogP contribution >= 0.6 is 50.7 Å². The van der Waals surface area contributed by atoms with Crippen molar-refractivity contribution in [3.05, 3.63) is 97.4 Å². The maximum Gasteiger partial charge on any atom is 0.261 e. The number of likely N-dealkylation sites (N-methyl/N-ethyl adjacent to an activating group) is 1. The van der Waals surface area contributed by atoms with Gasteiger partial charge in [0.05, 0.1) is 5.02 Å². The Bertz CT molecular complexity index is 1160. The van der Waals surface area contributed by atoms with E-state index in [0.29, 0.717) is 32.8 Å². The van der Waals surface area contributed by atoms with Crippen LogP contribution in [0.15, 0.2) is 71.2 Å². The van der Waals surface area contributed by atoms with Gasteiger partial charge in [-0.1, -0.05) is 87.1 Å². The second-order valence-electron chi connectivity index (χ2n) is 7.44. The number of carbonyl (C=O) groups excluding carboxylic acids is 2. The largest absolute Gasteiger partial charge is 0.482 e. The number of benzene rings is 3.